The largest absolute Gasteiger partial charge is 0.435 e. The maximum Gasteiger partial charge on any atom is 0.387 e. The van der Waals surface area contributed by atoms with Crippen molar-refractivity contribution in [2.75, 3.05) is 11.9 Å². The summed E-state index contributed by atoms with van der Waals surface area (Å²) < 4.78 is 29.3. The molecule has 0 fully saturated rings. The number of carbonyl (C=O) groups is 1. The third-order valence-corrected chi connectivity index (χ3v) is 5.29. The fraction of sp³-hybridized carbons (Fsp3) is 0.438. The summed E-state index contributed by atoms with van der Waals surface area (Å²) in [5, 5.41) is 11.7. The Labute approximate surface area is 153 Å². The second kappa shape index (κ2) is 9.67. The number of halogens is 2. The predicted octanol–water partition coefficient (Wildman–Crippen LogP) is 4.72. The number of ketones is 1. The predicted molar refractivity (Wildman–Crippen MR) is 96.0 cm³/mol. The molecule has 0 saturated carbocycles. The molecule has 136 valence electrons. The molecule has 0 spiro atoms. The third-order valence-electron chi connectivity index (χ3n) is 3.22. The molecule has 25 heavy (non-hydrogen) atoms. The van der Waals surface area contributed by atoms with E-state index in [0.29, 0.717) is 9.90 Å². The lowest BCUT2D eigenvalue weighted by molar-refractivity contribution is -0.0498. The summed E-state index contributed by atoms with van der Waals surface area (Å²) in [6, 6.07) is 5.68. The van der Waals surface area contributed by atoms with E-state index in [2.05, 4.69) is 27.2 Å². The van der Waals surface area contributed by atoms with Crippen molar-refractivity contribution in [2.24, 2.45) is 0 Å². The molecule has 0 aliphatic rings. The molecule has 1 aromatic carbocycles. The number of nitrogens with one attached hydrogen (secondary N) is 1. The SMILES string of the molecule is CCCCNc1nnc(SC(C)C(=O)c2ccc(OC(F)F)cc2)s1. The van der Waals surface area contributed by atoms with E-state index in [-0.39, 0.29) is 16.8 Å². The van der Waals surface area contributed by atoms with Crippen LogP contribution in [0.1, 0.15) is 37.0 Å². The Morgan fingerprint density at radius 1 is 1.32 bits per heavy atom. The molecule has 9 heteroatoms. The van der Waals surface area contributed by atoms with Gasteiger partial charge in [0, 0.05) is 12.1 Å². The number of Topliss-reactive ketones (excluding diaryl/α,β-unsaturated/α-hetero) is 1. The molecule has 0 aliphatic heterocycles. The van der Waals surface area contributed by atoms with E-state index < -0.39 is 6.61 Å². The van der Waals surface area contributed by atoms with E-state index in [1.54, 1.807) is 6.92 Å². The molecule has 1 atom stereocenters. The minimum absolute atomic E-state index is 0.0266. The van der Waals surface area contributed by atoms with Gasteiger partial charge in [-0.05, 0) is 37.6 Å². The summed E-state index contributed by atoms with van der Waals surface area (Å²) >= 11 is 2.73. The van der Waals surface area contributed by atoms with E-state index in [9.17, 15) is 13.6 Å². The Bertz CT molecular complexity index is 680. The number of alkyl halides is 2. The number of hydrogen-bond donors (Lipinski definition) is 1. The lowest BCUT2D eigenvalue weighted by Gasteiger charge is -2.09. The van der Waals surface area contributed by atoms with Crippen LogP contribution in [0.15, 0.2) is 28.6 Å². The normalized spacial score (nSPS) is 12.2. The minimum atomic E-state index is -2.88. The van der Waals surface area contributed by atoms with Crippen LogP contribution in [0.3, 0.4) is 0 Å². The zero-order valence-electron chi connectivity index (χ0n) is 13.9. The number of nitrogens with zero attached hydrogens (tertiary/aromatic N) is 2. The van der Waals surface area contributed by atoms with Gasteiger partial charge in [-0.15, -0.1) is 10.2 Å². The van der Waals surface area contributed by atoms with Crippen LogP contribution in [0.2, 0.25) is 0 Å². The van der Waals surface area contributed by atoms with Crippen molar-refractivity contribution in [1.82, 2.24) is 10.2 Å². The monoisotopic (exact) mass is 387 g/mol. The third kappa shape index (κ3) is 6.24. The Kier molecular flexibility index (Phi) is 7.57. The van der Waals surface area contributed by atoms with Crippen LogP contribution in [-0.4, -0.2) is 34.4 Å². The van der Waals surface area contributed by atoms with E-state index in [1.165, 1.54) is 47.4 Å². The summed E-state index contributed by atoms with van der Waals surface area (Å²) in [5.74, 6) is -0.0805. The van der Waals surface area contributed by atoms with Crippen LogP contribution in [0, 0.1) is 0 Å². The molecule has 2 aromatic rings. The highest BCUT2D eigenvalue weighted by atomic mass is 32.2. The van der Waals surface area contributed by atoms with E-state index in [0.717, 1.165) is 24.5 Å². The van der Waals surface area contributed by atoms with Gasteiger partial charge in [0.2, 0.25) is 5.13 Å². The van der Waals surface area contributed by atoms with E-state index in [4.69, 9.17) is 0 Å². The number of ether oxygens (including phenoxy) is 1. The first-order chi connectivity index (χ1) is 12.0. The number of carbonyl (C=O) groups excluding carboxylic acids is 1. The summed E-state index contributed by atoms with van der Waals surface area (Å²) in [7, 11) is 0. The van der Waals surface area contributed by atoms with Crippen molar-refractivity contribution in [3.63, 3.8) is 0 Å². The number of rotatable bonds is 10. The Morgan fingerprint density at radius 3 is 2.68 bits per heavy atom. The highest BCUT2D eigenvalue weighted by Gasteiger charge is 2.19. The van der Waals surface area contributed by atoms with Gasteiger partial charge in [-0.2, -0.15) is 8.78 Å². The molecule has 0 aliphatic carbocycles. The van der Waals surface area contributed by atoms with Crippen molar-refractivity contribution < 1.29 is 18.3 Å². The Morgan fingerprint density at radius 2 is 2.04 bits per heavy atom. The van der Waals surface area contributed by atoms with Gasteiger partial charge < -0.3 is 10.1 Å². The molecule has 0 amide bonds. The van der Waals surface area contributed by atoms with Gasteiger partial charge in [-0.25, -0.2) is 0 Å². The number of unbranched alkanes of at least 4 members (excludes halogenated alkanes) is 1. The number of thioether (sulfide) groups is 1. The lowest BCUT2D eigenvalue weighted by atomic mass is 10.1. The molecule has 0 radical (unpaired) electrons. The fourth-order valence-electron chi connectivity index (χ4n) is 1.94. The maximum absolute atomic E-state index is 12.4. The topological polar surface area (TPSA) is 64.1 Å². The smallest absolute Gasteiger partial charge is 0.387 e. The second-order valence-corrected chi connectivity index (χ2v) is 7.75. The quantitative estimate of drug-likeness (QED) is 0.362. The number of benzene rings is 1. The van der Waals surface area contributed by atoms with Gasteiger partial charge in [-0.1, -0.05) is 36.4 Å². The molecule has 1 aromatic heterocycles. The first kappa shape index (κ1) is 19.6. The molecular formula is C16H19F2N3O2S2. The molecule has 1 unspecified atom stereocenters. The second-order valence-electron chi connectivity index (χ2n) is 5.18. The van der Waals surface area contributed by atoms with Gasteiger partial charge in [0.05, 0.1) is 5.25 Å². The van der Waals surface area contributed by atoms with Gasteiger partial charge in [-0.3, -0.25) is 4.79 Å². The first-order valence-electron chi connectivity index (χ1n) is 7.82. The first-order valence-corrected chi connectivity index (χ1v) is 9.52. The molecule has 2 rings (SSSR count). The van der Waals surface area contributed by atoms with Crippen molar-refractivity contribution in [1.29, 1.82) is 0 Å². The van der Waals surface area contributed by atoms with E-state index >= 15 is 0 Å². The summed E-state index contributed by atoms with van der Waals surface area (Å²) in [6.45, 7) is 1.86. The molecule has 0 saturated heterocycles. The van der Waals surface area contributed by atoms with E-state index in [1.807, 2.05) is 0 Å². The van der Waals surface area contributed by atoms with Crippen LogP contribution >= 0.6 is 23.1 Å². The summed E-state index contributed by atoms with van der Waals surface area (Å²) in [5.41, 5.74) is 0.437. The van der Waals surface area contributed by atoms with Gasteiger partial charge in [0.25, 0.3) is 0 Å². The van der Waals surface area contributed by atoms with Crippen molar-refractivity contribution in [2.45, 2.75) is 42.9 Å². The molecule has 5 nitrogen and oxygen atoms in total. The highest BCUT2D eigenvalue weighted by molar-refractivity contribution is 8.02. The molecule has 0 bridgehead atoms. The minimum Gasteiger partial charge on any atom is -0.435 e. The maximum atomic E-state index is 12.4. The van der Waals surface area contributed by atoms with Crippen molar-refractivity contribution in [3.8, 4) is 5.75 Å². The zero-order chi connectivity index (χ0) is 18.2. The lowest BCUT2D eigenvalue weighted by Crippen LogP contribution is -2.13. The van der Waals surface area contributed by atoms with Gasteiger partial charge in [0.1, 0.15) is 5.75 Å². The average Bonchev–Trinajstić information content (AvgIpc) is 3.02. The molecule has 1 N–H and O–H groups in total. The van der Waals surface area contributed by atoms with Gasteiger partial charge >= 0.3 is 6.61 Å². The zero-order valence-corrected chi connectivity index (χ0v) is 15.5. The number of aromatic nitrogens is 2. The Hall–Kier alpha value is -1.74. The van der Waals surface area contributed by atoms with Crippen LogP contribution in [-0.2, 0) is 0 Å². The van der Waals surface area contributed by atoms with Crippen molar-refractivity contribution >= 4 is 34.0 Å². The standard InChI is InChI=1S/C16H19F2N3O2S2/c1-3-4-9-19-15-20-21-16(25-15)24-10(2)13(22)11-5-7-12(8-6-11)23-14(17)18/h5-8,10,14H,3-4,9H2,1-2H3,(H,19,20). The number of anilines is 1. The average molecular weight is 387 g/mol. The van der Waals surface area contributed by atoms with Crippen LogP contribution in [0.4, 0.5) is 13.9 Å². The summed E-state index contributed by atoms with van der Waals surface area (Å²) in [6.07, 6.45) is 2.16. The Balaban J connectivity index is 1.91. The van der Waals surface area contributed by atoms with Gasteiger partial charge in [0.15, 0.2) is 10.1 Å². The van der Waals surface area contributed by atoms with Crippen LogP contribution in [0.25, 0.3) is 0 Å². The summed E-state index contributed by atoms with van der Waals surface area (Å²) in [4.78, 5) is 12.4. The highest BCUT2D eigenvalue weighted by Crippen LogP contribution is 2.30. The molecule has 1 heterocycles. The number of hydrogen-bond acceptors (Lipinski definition) is 7. The fourth-order valence-corrected chi connectivity index (χ4v) is 3.94. The molecular weight excluding hydrogens is 368 g/mol. The van der Waals surface area contributed by atoms with Crippen LogP contribution < -0.4 is 10.1 Å². The van der Waals surface area contributed by atoms with Crippen LogP contribution in [0.5, 0.6) is 5.75 Å². The van der Waals surface area contributed by atoms with Crippen molar-refractivity contribution in [3.05, 3.63) is 29.8 Å².